The maximum Gasteiger partial charge on any atom is 0.141 e. The number of H-pyrrole nitrogens is 1. The molecular formula is C24H26N4O. The van der Waals surface area contributed by atoms with Crippen molar-refractivity contribution in [2.45, 2.75) is 39.2 Å². The summed E-state index contributed by atoms with van der Waals surface area (Å²) in [4.78, 5) is 10.8. The van der Waals surface area contributed by atoms with E-state index in [-0.39, 0.29) is 0 Å². The molecule has 4 aromatic rings. The zero-order valence-corrected chi connectivity index (χ0v) is 17.0. The molecule has 148 valence electrons. The minimum atomic E-state index is 0.479. The van der Waals surface area contributed by atoms with Gasteiger partial charge in [-0.05, 0) is 50.9 Å². The van der Waals surface area contributed by atoms with Crippen molar-refractivity contribution in [2.24, 2.45) is 0 Å². The fourth-order valence-electron chi connectivity index (χ4n) is 4.63. The lowest BCUT2D eigenvalue weighted by Crippen LogP contribution is -2.34. The number of aryl methyl sites for hydroxylation is 2. The first-order valence-electron chi connectivity index (χ1n) is 10.4. The molecule has 4 heterocycles. The van der Waals surface area contributed by atoms with Gasteiger partial charge in [-0.2, -0.15) is 0 Å². The summed E-state index contributed by atoms with van der Waals surface area (Å²) < 4.78 is 5.30. The molecular weight excluding hydrogens is 360 g/mol. The van der Waals surface area contributed by atoms with Gasteiger partial charge in [-0.15, -0.1) is 0 Å². The van der Waals surface area contributed by atoms with Gasteiger partial charge in [-0.3, -0.25) is 9.88 Å². The molecule has 0 amide bonds. The number of likely N-dealkylation sites (tertiary alicyclic amines) is 1. The smallest absolute Gasteiger partial charge is 0.141 e. The second-order valence-corrected chi connectivity index (χ2v) is 8.10. The van der Waals surface area contributed by atoms with Crippen LogP contribution in [0.2, 0.25) is 0 Å². The van der Waals surface area contributed by atoms with Crippen molar-refractivity contribution in [2.75, 3.05) is 13.1 Å². The normalized spacial score (nSPS) is 17.8. The Morgan fingerprint density at radius 2 is 2.07 bits per heavy atom. The average molecular weight is 386 g/mol. The Labute approximate surface area is 170 Å². The van der Waals surface area contributed by atoms with E-state index in [0.29, 0.717) is 5.92 Å². The molecule has 0 radical (unpaired) electrons. The van der Waals surface area contributed by atoms with Crippen LogP contribution in [0.15, 0.2) is 53.3 Å². The summed E-state index contributed by atoms with van der Waals surface area (Å²) in [7, 11) is 0. The van der Waals surface area contributed by atoms with E-state index in [1.54, 1.807) is 0 Å². The fraction of sp³-hybridized carbons (Fsp3) is 0.333. The Bertz CT molecular complexity index is 1110. The van der Waals surface area contributed by atoms with Crippen LogP contribution in [0.3, 0.4) is 0 Å². The molecule has 0 aliphatic carbocycles. The molecule has 0 unspecified atom stereocenters. The summed E-state index contributed by atoms with van der Waals surface area (Å²) in [6.07, 6.45) is 6.54. The van der Waals surface area contributed by atoms with Gasteiger partial charge in [0.2, 0.25) is 0 Å². The summed E-state index contributed by atoms with van der Waals surface area (Å²) in [5, 5.41) is 5.39. The van der Waals surface area contributed by atoms with E-state index in [1.807, 2.05) is 20.0 Å². The molecule has 1 aliphatic rings. The molecule has 3 aromatic heterocycles. The van der Waals surface area contributed by atoms with E-state index in [4.69, 9.17) is 9.51 Å². The molecule has 5 nitrogen and oxygen atoms in total. The number of fused-ring (bicyclic) bond motifs is 1. The monoisotopic (exact) mass is 386 g/mol. The number of pyridine rings is 1. The van der Waals surface area contributed by atoms with Gasteiger partial charge < -0.3 is 9.51 Å². The largest absolute Gasteiger partial charge is 0.361 e. The number of hydrogen-bond acceptors (Lipinski definition) is 4. The maximum absolute atomic E-state index is 5.30. The van der Waals surface area contributed by atoms with Gasteiger partial charge in [0, 0.05) is 59.1 Å². The van der Waals surface area contributed by atoms with Crippen LogP contribution >= 0.6 is 0 Å². The summed E-state index contributed by atoms with van der Waals surface area (Å²) in [6.45, 7) is 7.11. The molecule has 5 heteroatoms. The van der Waals surface area contributed by atoms with Crippen LogP contribution < -0.4 is 0 Å². The van der Waals surface area contributed by atoms with Crippen molar-refractivity contribution in [3.05, 3.63) is 71.5 Å². The summed E-state index contributed by atoms with van der Waals surface area (Å²) >= 11 is 0. The summed E-state index contributed by atoms with van der Waals surface area (Å²) in [5.41, 5.74) is 6.84. The van der Waals surface area contributed by atoms with Crippen LogP contribution in [-0.4, -0.2) is 33.1 Å². The third kappa shape index (κ3) is 3.47. The second-order valence-electron chi connectivity index (χ2n) is 8.10. The summed E-state index contributed by atoms with van der Waals surface area (Å²) in [6, 6.07) is 12.9. The number of hydrogen-bond donors (Lipinski definition) is 1. The average Bonchev–Trinajstić information content (AvgIpc) is 3.31. The van der Waals surface area contributed by atoms with Crippen molar-refractivity contribution in [3.8, 4) is 11.1 Å². The highest BCUT2D eigenvalue weighted by Gasteiger charge is 2.23. The van der Waals surface area contributed by atoms with Gasteiger partial charge in [-0.1, -0.05) is 29.4 Å². The van der Waals surface area contributed by atoms with Gasteiger partial charge >= 0.3 is 0 Å². The van der Waals surface area contributed by atoms with E-state index in [9.17, 15) is 0 Å². The zero-order valence-electron chi connectivity index (χ0n) is 17.0. The maximum atomic E-state index is 5.30. The van der Waals surface area contributed by atoms with Crippen LogP contribution in [0.5, 0.6) is 0 Å². The van der Waals surface area contributed by atoms with Crippen molar-refractivity contribution in [1.29, 1.82) is 0 Å². The van der Waals surface area contributed by atoms with Gasteiger partial charge in [0.15, 0.2) is 0 Å². The van der Waals surface area contributed by atoms with E-state index < -0.39 is 0 Å². The van der Waals surface area contributed by atoms with Crippen LogP contribution in [0, 0.1) is 13.8 Å². The van der Waals surface area contributed by atoms with Crippen molar-refractivity contribution in [3.63, 3.8) is 0 Å². The molecule has 0 saturated carbocycles. The first-order chi connectivity index (χ1) is 14.2. The van der Waals surface area contributed by atoms with Crippen LogP contribution in [0.4, 0.5) is 0 Å². The molecule has 1 saturated heterocycles. The van der Waals surface area contributed by atoms with E-state index >= 15 is 0 Å². The standard InChI is InChI=1S/C24H26N4O/c1-16-24(17(2)29-27-16)18-9-10-22(25-12-18)19-6-5-11-28(14-19)15-20-13-26-23-8-4-3-7-21(20)23/h3-4,7-10,12-13,19,26H,5-6,11,14-15H2,1-2H3/t19-/m0/s1. The Hall–Kier alpha value is -2.92. The number of piperidine rings is 1. The quantitative estimate of drug-likeness (QED) is 0.523. The number of para-hydroxylation sites is 1. The van der Waals surface area contributed by atoms with Gasteiger partial charge in [0.05, 0.1) is 5.69 Å². The molecule has 5 rings (SSSR count). The van der Waals surface area contributed by atoms with Crippen molar-refractivity contribution >= 4 is 10.9 Å². The summed E-state index contributed by atoms with van der Waals surface area (Å²) in [5.74, 6) is 1.33. The SMILES string of the molecule is Cc1noc(C)c1-c1ccc([C@H]2CCCN(Cc3c[nH]c4ccccc34)C2)nc1. The number of nitrogens with zero attached hydrogens (tertiary/aromatic N) is 3. The van der Waals surface area contributed by atoms with Crippen molar-refractivity contribution in [1.82, 2.24) is 20.0 Å². The predicted molar refractivity (Wildman–Crippen MR) is 115 cm³/mol. The zero-order chi connectivity index (χ0) is 19.8. The minimum Gasteiger partial charge on any atom is -0.361 e. The highest BCUT2D eigenvalue weighted by Crippen LogP contribution is 2.31. The third-order valence-electron chi connectivity index (χ3n) is 6.10. The second kappa shape index (κ2) is 7.48. The Morgan fingerprint density at radius 3 is 2.86 bits per heavy atom. The first-order valence-corrected chi connectivity index (χ1v) is 10.4. The number of nitrogens with one attached hydrogen (secondary N) is 1. The Morgan fingerprint density at radius 1 is 1.17 bits per heavy atom. The first kappa shape index (κ1) is 18.1. The molecule has 1 aromatic carbocycles. The highest BCUT2D eigenvalue weighted by molar-refractivity contribution is 5.82. The number of aromatic nitrogens is 3. The topological polar surface area (TPSA) is 58.0 Å². The Balaban J connectivity index is 1.32. The molecule has 1 fully saturated rings. The van der Waals surface area contributed by atoms with E-state index in [0.717, 1.165) is 42.2 Å². The van der Waals surface area contributed by atoms with E-state index in [1.165, 1.54) is 35.0 Å². The molecule has 29 heavy (non-hydrogen) atoms. The van der Waals surface area contributed by atoms with Gasteiger partial charge in [0.25, 0.3) is 0 Å². The van der Waals surface area contributed by atoms with Crippen LogP contribution in [-0.2, 0) is 6.54 Å². The lowest BCUT2D eigenvalue weighted by molar-refractivity contribution is 0.199. The number of aromatic amines is 1. The molecule has 1 aliphatic heterocycles. The fourth-order valence-corrected chi connectivity index (χ4v) is 4.63. The molecule has 0 bridgehead atoms. The molecule has 1 N–H and O–H groups in total. The Kier molecular flexibility index (Phi) is 4.68. The molecule has 0 spiro atoms. The van der Waals surface area contributed by atoms with Gasteiger partial charge in [0.1, 0.15) is 5.76 Å². The van der Waals surface area contributed by atoms with Crippen molar-refractivity contribution < 1.29 is 4.52 Å². The third-order valence-corrected chi connectivity index (χ3v) is 6.10. The van der Waals surface area contributed by atoms with Gasteiger partial charge in [-0.25, -0.2) is 0 Å². The minimum absolute atomic E-state index is 0.479. The van der Waals surface area contributed by atoms with Crippen LogP contribution in [0.25, 0.3) is 22.0 Å². The van der Waals surface area contributed by atoms with E-state index in [2.05, 4.69) is 57.6 Å². The highest BCUT2D eigenvalue weighted by atomic mass is 16.5. The lowest BCUT2D eigenvalue weighted by Gasteiger charge is -2.32. The molecule has 1 atom stereocenters. The lowest BCUT2D eigenvalue weighted by atomic mass is 9.93. The number of benzene rings is 1. The van der Waals surface area contributed by atoms with Crippen LogP contribution in [0.1, 0.15) is 41.5 Å². The predicted octanol–water partition coefficient (Wildman–Crippen LogP) is 5.21. The number of rotatable bonds is 4.